The smallest absolute Gasteiger partial charge is 0.261 e. The van der Waals surface area contributed by atoms with Gasteiger partial charge < -0.3 is 4.74 Å². The van der Waals surface area contributed by atoms with Crippen LogP contribution >= 0.6 is 0 Å². The van der Waals surface area contributed by atoms with Gasteiger partial charge in [0.2, 0.25) is 10.0 Å². The van der Waals surface area contributed by atoms with E-state index in [-0.39, 0.29) is 11.4 Å². The predicted octanol–water partition coefficient (Wildman–Crippen LogP) is 2.43. The van der Waals surface area contributed by atoms with Crippen LogP contribution in [0.1, 0.15) is 22.3 Å². The lowest BCUT2D eigenvalue weighted by atomic mass is 10.0. The minimum Gasteiger partial charge on any atom is -0.496 e. The first kappa shape index (κ1) is 20.6. The van der Waals surface area contributed by atoms with Crippen molar-refractivity contribution in [3.63, 3.8) is 0 Å². The maximum Gasteiger partial charge on any atom is 0.261 e. The number of aryl methyl sites for hydroxylation is 2. The third kappa shape index (κ3) is 4.16. The van der Waals surface area contributed by atoms with Gasteiger partial charge >= 0.3 is 0 Å². The van der Waals surface area contributed by atoms with Crippen LogP contribution in [0, 0.1) is 13.8 Å². The molecule has 152 valence electrons. The summed E-state index contributed by atoms with van der Waals surface area (Å²) in [6, 6.07) is 8.39. The summed E-state index contributed by atoms with van der Waals surface area (Å²) in [6.07, 6.45) is 1.78. The highest BCUT2D eigenvalue weighted by atomic mass is 32.2. The Morgan fingerprint density at radius 2 is 1.64 bits per heavy atom. The van der Waals surface area contributed by atoms with Crippen LogP contribution in [-0.2, 0) is 33.0 Å². The Balaban J connectivity index is 1.90. The van der Waals surface area contributed by atoms with Gasteiger partial charge in [0.1, 0.15) is 5.75 Å². The first-order valence-electron chi connectivity index (χ1n) is 8.76. The first-order chi connectivity index (χ1) is 13.0. The predicted molar refractivity (Wildman–Crippen MR) is 109 cm³/mol. The minimum atomic E-state index is -3.79. The Labute approximate surface area is 166 Å². The highest BCUT2D eigenvalue weighted by Crippen LogP contribution is 2.29. The van der Waals surface area contributed by atoms with Crippen LogP contribution in [0.4, 0.5) is 5.69 Å². The van der Waals surface area contributed by atoms with Crippen molar-refractivity contribution in [2.45, 2.75) is 31.7 Å². The van der Waals surface area contributed by atoms with Crippen LogP contribution in [0.3, 0.4) is 0 Å². The van der Waals surface area contributed by atoms with Crippen molar-refractivity contribution in [3.8, 4) is 5.75 Å². The number of sulfonamides is 2. The standard InChI is InChI=1S/C19H24N2O5S2/c1-13-9-18(10-14(2)19(13)26-3)28(24,25)20-17-6-5-15-7-8-21(27(4,22)23)12-16(15)11-17/h5-6,9-11,20H,7-8,12H2,1-4H3. The second-order valence-corrected chi connectivity index (χ2v) is 10.7. The normalized spacial score (nSPS) is 15.1. The van der Waals surface area contributed by atoms with Gasteiger partial charge in [-0.1, -0.05) is 6.07 Å². The Bertz CT molecular complexity index is 1100. The zero-order chi connectivity index (χ0) is 20.7. The zero-order valence-corrected chi connectivity index (χ0v) is 17.9. The van der Waals surface area contributed by atoms with Gasteiger partial charge in [0.25, 0.3) is 10.0 Å². The Kier molecular flexibility index (Phi) is 5.44. The van der Waals surface area contributed by atoms with Gasteiger partial charge in [0.15, 0.2) is 0 Å². The van der Waals surface area contributed by atoms with E-state index in [2.05, 4.69) is 4.72 Å². The summed E-state index contributed by atoms with van der Waals surface area (Å²) in [5.74, 6) is 0.661. The van der Waals surface area contributed by atoms with Crippen LogP contribution in [0.25, 0.3) is 0 Å². The number of fused-ring (bicyclic) bond motifs is 1. The molecule has 0 spiro atoms. The Morgan fingerprint density at radius 1 is 1.00 bits per heavy atom. The van der Waals surface area contributed by atoms with Crippen molar-refractivity contribution in [2.75, 3.05) is 24.6 Å². The highest BCUT2D eigenvalue weighted by molar-refractivity contribution is 7.92. The van der Waals surface area contributed by atoms with Crippen LogP contribution in [0.15, 0.2) is 35.2 Å². The largest absolute Gasteiger partial charge is 0.496 e. The molecular formula is C19H24N2O5S2. The number of hydrogen-bond donors (Lipinski definition) is 1. The fraction of sp³-hybridized carbons (Fsp3) is 0.368. The molecule has 0 unspecified atom stereocenters. The summed E-state index contributed by atoms with van der Waals surface area (Å²) >= 11 is 0. The maximum atomic E-state index is 12.8. The first-order valence-corrected chi connectivity index (χ1v) is 12.1. The summed E-state index contributed by atoms with van der Waals surface area (Å²) in [6.45, 7) is 4.26. The molecule has 0 atom stereocenters. The average molecular weight is 425 g/mol. The monoisotopic (exact) mass is 424 g/mol. The van der Waals surface area contributed by atoms with Crippen molar-refractivity contribution >= 4 is 25.7 Å². The summed E-state index contributed by atoms with van der Waals surface area (Å²) < 4.78 is 58.6. The van der Waals surface area contributed by atoms with E-state index >= 15 is 0 Å². The van der Waals surface area contributed by atoms with E-state index in [1.807, 2.05) is 6.07 Å². The number of benzene rings is 2. The molecule has 0 aromatic heterocycles. The molecule has 2 aromatic carbocycles. The molecule has 9 heteroatoms. The molecule has 1 aliphatic rings. The fourth-order valence-electron chi connectivity index (χ4n) is 3.48. The van der Waals surface area contributed by atoms with Gasteiger partial charge in [0, 0.05) is 18.8 Å². The number of nitrogens with one attached hydrogen (secondary N) is 1. The van der Waals surface area contributed by atoms with E-state index in [0.29, 0.717) is 24.4 Å². The van der Waals surface area contributed by atoms with E-state index in [4.69, 9.17) is 4.74 Å². The number of nitrogens with zero attached hydrogens (tertiary/aromatic N) is 1. The summed E-state index contributed by atoms with van der Waals surface area (Å²) in [7, 11) is -5.53. The van der Waals surface area contributed by atoms with Crippen molar-refractivity contribution in [1.82, 2.24) is 4.31 Å². The van der Waals surface area contributed by atoms with Gasteiger partial charge in [-0.25, -0.2) is 16.8 Å². The van der Waals surface area contributed by atoms with Crippen LogP contribution in [0.2, 0.25) is 0 Å². The van der Waals surface area contributed by atoms with Gasteiger partial charge in [-0.3, -0.25) is 4.72 Å². The molecule has 1 N–H and O–H groups in total. The van der Waals surface area contributed by atoms with E-state index in [9.17, 15) is 16.8 Å². The lowest BCUT2D eigenvalue weighted by Gasteiger charge is -2.27. The maximum absolute atomic E-state index is 12.8. The number of ether oxygens (including phenoxy) is 1. The highest BCUT2D eigenvalue weighted by Gasteiger charge is 2.24. The molecule has 0 fully saturated rings. The second kappa shape index (κ2) is 7.38. The molecule has 1 aliphatic heterocycles. The summed E-state index contributed by atoms with van der Waals surface area (Å²) in [5, 5.41) is 0. The number of methoxy groups -OCH3 is 1. The van der Waals surface area contributed by atoms with E-state index in [0.717, 1.165) is 22.3 Å². The van der Waals surface area contributed by atoms with Crippen molar-refractivity contribution in [1.29, 1.82) is 0 Å². The fourth-order valence-corrected chi connectivity index (χ4v) is 5.50. The number of anilines is 1. The molecular weight excluding hydrogens is 400 g/mol. The number of hydrogen-bond acceptors (Lipinski definition) is 5. The van der Waals surface area contributed by atoms with Gasteiger partial charge in [-0.15, -0.1) is 0 Å². The lowest BCUT2D eigenvalue weighted by Crippen LogP contribution is -2.35. The number of rotatable bonds is 5. The van der Waals surface area contributed by atoms with Crippen LogP contribution in [0.5, 0.6) is 5.75 Å². The van der Waals surface area contributed by atoms with Crippen LogP contribution < -0.4 is 9.46 Å². The lowest BCUT2D eigenvalue weighted by molar-refractivity contribution is 0.395. The molecule has 0 bridgehead atoms. The second-order valence-electron chi connectivity index (χ2n) is 7.03. The Hall–Kier alpha value is -2.10. The molecule has 0 saturated carbocycles. The van der Waals surface area contributed by atoms with E-state index < -0.39 is 20.0 Å². The molecule has 7 nitrogen and oxygen atoms in total. The van der Waals surface area contributed by atoms with Gasteiger partial charge in [0.05, 0.1) is 18.3 Å². The minimum absolute atomic E-state index is 0.152. The summed E-state index contributed by atoms with van der Waals surface area (Å²) in [4.78, 5) is 0.152. The molecule has 3 rings (SSSR count). The zero-order valence-electron chi connectivity index (χ0n) is 16.3. The average Bonchev–Trinajstić information content (AvgIpc) is 2.59. The van der Waals surface area contributed by atoms with Crippen molar-refractivity contribution in [2.24, 2.45) is 0 Å². The van der Waals surface area contributed by atoms with Gasteiger partial charge in [-0.05, 0) is 66.8 Å². The molecule has 0 aliphatic carbocycles. The summed E-state index contributed by atoms with van der Waals surface area (Å²) in [5.41, 5.74) is 3.70. The third-order valence-corrected chi connectivity index (χ3v) is 7.46. The Morgan fingerprint density at radius 3 is 2.21 bits per heavy atom. The molecule has 0 radical (unpaired) electrons. The molecule has 1 heterocycles. The molecule has 28 heavy (non-hydrogen) atoms. The quantitative estimate of drug-likeness (QED) is 0.796. The molecule has 0 saturated heterocycles. The van der Waals surface area contributed by atoms with Gasteiger partial charge in [-0.2, -0.15) is 4.31 Å². The third-order valence-electron chi connectivity index (χ3n) is 4.85. The SMILES string of the molecule is COc1c(C)cc(S(=O)(=O)Nc2ccc3c(c2)CN(S(C)(=O)=O)CC3)cc1C. The van der Waals surface area contributed by atoms with Crippen molar-refractivity contribution in [3.05, 3.63) is 52.6 Å². The topological polar surface area (TPSA) is 92.8 Å². The molecule has 0 amide bonds. The van der Waals surface area contributed by atoms with Crippen molar-refractivity contribution < 1.29 is 21.6 Å². The van der Waals surface area contributed by atoms with Crippen LogP contribution in [-0.4, -0.2) is 41.1 Å². The van der Waals surface area contributed by atoms with E-state index in [1.54, 1.807) is 45.2 Å². The van der Waals surface area contributed by atoms with E-state index in [1.165, 1.54) is 10.6 Å². The molecule has 2 aromatic rings.